The predicted molar refractivity (Wildman–Crippen MR) is 127 cm³/mol. The van der Waals surface area contributed by atoms with Crippen LogP contribution in [0.1, 0.15) is 17.5 Å². The zero-order valence-electron chi connectivity index (χ0n) is 16.9. The first-order valence-electron chi connectivity index (χ1n) is 9.76. The van der Waals surface area contributed by atoms with Crippen molar-refractivity contribution in [2.75, 3.05) is 29.9 Å². The van der Waals surface area contributed by atoms with Gasteiger partial charge in [-0.1, -0.05) is 24.3 Å². The molecule has 7 nitrogen and oxygen atoms in total. The molecule has 3 heterocycles. The van der Waals surface area contributed by atoms with Crippen LogP contribution in [0.4, 0.5) is 11.6 Å². The molecule has 1 aliphatic rings. The Kier molecular flexibility index (Phi) is 9.03. The topological polar surface area (TPSA) is 91.2 Å². The van der Waals surface area contributed by atoms with Gasteiger partial charge in [0.15, 0.2) is 5.82 Å². The van der Waals surface area contributed by atoms with Gasteiger partial charge in [-0.15, -0.1) is 24.8 Å². The minimum atomic E-state index is -0.843. The van der Waals surface area contributed by atoms with E-state index in [1.807, 2.05) is 18.2 Å². The molecule has 3 aromatic rings. The highest BCUT2D eigenvalue weighted by Gasteiger charge is 2.17. The van der Waals surface area contributed by atoms with E-state index in [-0.39, 0.29) is 31.2 Å². The summed E-state index contributed by atoms with van der Waals surface area (Å²) in [4.78, 5) is 26.7. The number of pyridine rings is 1. The first-order chi connectivity index (χ1) is 14.2. The number of fused-ring (bicyclic) bond motifs is 1. The van der Waals surface area contributed by atoms with Gasteiger partial charge in [0.25, 0.3) is 0 Å². The van der Waals surface area contributed by atoms with Gasteiger partial charge in [0.05, 0.1) is 6.42 Å². The van der Waals surface area contributed by atoms with Crippen LogP contribution in [-0.4, -0.2) is 45.7 Å². The molecule has 0 spiro atoms. The molecular formula is C22H25Cl2N5O2. The van der Waals surface area contributed by atoms with Gasteiger partial charge in [-0.2, -0.15) is 0 Å². The number of rotatable bonds is 6. The molecule has 0 aliphatic carbocycles. The predicted octanol–water partition coefficient (Wildman–Crippen LogP) is 3.87. The van der Waals surface area contributed by atoms with E-state index in [0.29, 0.717) is 18.2 Å². The molecule has 2 N–H and O–H groups in total. The molecule has 4 rings (SSSR count). The fourth-order valence-electron chi connectivity index (χ4n) is 3.51. The summed E-state index contributed by atoms with van der Waals surface area (Å²) in [6.45, 7) is 2.05. The van der Waals surface area contributed by atoms with Crippen LogP contribution in [-0.2, 0) is 17.6 Å². The third-order valence-electron chi connectivity index (χ3n) is 5.02. The molecule has 0 unspecified atom stereocenters. The van der Waals surface area contributed by atoms with Gasteiger partial charge in [-0.25, -0.2) is 9.97 Å². The van der Waals surface area contributed by atoms with E-state index in [1.165, 1.54) is 11.1 Å². The molecule has 9 heteroatoms. The Hall–Kier alpha value is -2.90. The Bertz CT molecular complexity index is 977. The van der Waals surface area contributed by atoms with Crippen molar-refractivity contribution in [1.82, 2.24) is 15.0 Å². The van der Waals surface area contributed by atoms with Crippen molar-refractivity contribution < 1.29 is 9.90 Å². The highest BCUT2D eigenvalue weighted by molar-refractivity contribution is 5.85. The summed E-state index contributed by atoms with van der Waals surface area (Å²) in [5.41, 5.74) is 3.60. The van der Waals surface area contributed by atoms with Gasteiger partial charge in [-0.05, 0) is 36.1 Å². The van der Waals surface area contributed by atoms with E-state index in [1.54, 1.807) is 12.4 Å². The first kappa shape index (κ1) is 24.4. The molecule has 0 bridgehead atoms. The molecular weight excluding hydrogens is 437 g/mol. The van der Waals surface area contributed by atoms with Crippen molar-refractivity contribution in [2.24, 2.45) is 0 Å². The van der Waals surface area contributed by atoms with Gasteiger partial charge in [0.2, 0.25) is 0 Å². The molecule has 1 aromatic carbocycles. The average molecular weight is 462 g/mol. The summed E-state index contributed by atoms with van der Waals surface area (Å²) in [7, 11) is 0. The standard InChI is InChI=1S/C22H23N5O2.2ClH/c28-21(29)7-11-24-19-14-20(26-22(25-19)18-6-3-10-23-15-18)27-12-8-16-4-1-2-5-17(16)9-13-27;;/h1-6,10,14-15H,7-9,11-13H2,(H,28,29)(H,24,25,26);2*1H. The molecule has 1 aliphatic heterocycles. The third-order valence-corrected chi connectivity index (χ3v) is 5.02. The highest BCUT2D eigenvalue weighted by Crippen LogP contribution is 2.25. The second kappa shape index (κ2) is 11.5. The maximum atomic E-state index is 10.8. The lowest BCUT2D eigenvalue weighted by Gasteiger charge is -2.22. The van der Waals surface area contributed by atoms with Gasteiger partial charge < -0.3 is 15.3 Å². The van der Waals surface area contributed by atoms with E-state index in [4.69, 9.17) is 10.1 Å². The largest absolute Gasteiger partial charge is 0.481 e. The van der Waals surface area contributed by atoms with Crippen LogP contribution in [0.5, 0.6) is 0 Å². The highest BCUT2D eigenvalue weighted by atomic mass is 35.5. The number of hydrogen-bond donors (Lipinski definition) is 2. The third kappa shape index (κ3) is 6.29. The van der Waals surface area contributed by atoms with E-state index in [9.17, 15) is 4.79 Å². The van der Waals surface area contributed by atoms with Gasteiger partial charge in [0.1, 0.15) is 11.6 Å². The van der Waals surface area contributed by atoms with Crippen molar-refractivity contribution in [3.63, 3.8) is 0 Å². The van der Waals surface area contributed by atoms with Crippen LogP contribution < -0.4 is 10.2 Å². The number of carboxylic acids is 1. The summed E-state index contributed by atoms with van der Waals surface area (Å²) >= 11 is 0. The van der Waals surface area contributed by atoms with Crippen molar-refractivity contribution in [1.29, 1.82) is 0 Å². The Morgan fingerprint density at radius 3 is 2.35 bits per heavy atom. The maximum Gasteiger partial charge on any atom is 0.305 e. The molecule has 164 valence electrons. The molecule has 31 heavy (non-hydrogen) atoms. The summed E-state index contributed by atoms with van der Waals surface area (Å²) in [5, 5.41) is 12.0. The van der Waals surface area contributed by atoms with E-state index in [2.05, 4.69) is 44.5 Å². The van der Waals surface area contributed by atoms with E-state index >= 15 is 0 Å². The lowest BCUT2D eigenvalue weighted by Crippen LogP contribution is -2.27. The molecule has 0 atom stereocenters. The fraction of sp³-hybridized carbons (Fsp3) is 0.273. The summed E-state index contributed by atoms with van der Waals surface area (Å²) in [6, 6.07) is 14.2. The van der Waals surface area contributed by atoms with Crippen LogP contribution in [0.15, 0.2) is 54.9 Å². The number of carboxylic acid groups (broad SMARTS) is 1. The Morgan fingerprint density at radius 1 is 1.03 bits per heavy atom. The van der Waals surface area contributed by atoms with Crippen LogP contribution in [0, 0.1) is 0 Å². The number of hydrogen-bond acceptors (Lipinski definition) is 6. The maximum absolute atomic E-state index is 10.8. The van der Waals surface area contributed by atoms with E-state index in [0.717, 1.165) is 37.3 Å². The van der Waals surface area contributed by atoms with Crippen LogP contribution in [0.2, 0.25) is 0 Å². The molecule has 0 amide bonds. The fourth-order valence-corrected chi connectivity index (χ4v) is 3.51. The zero-order valence-corrected chi connectivity index (χ0v) is 18.5. The minimum absolute atomic E-state index is 0. The Morgan fingerprint density at radius 2 is 1.74 bits per heavy atom. The van der Waals surface area contributed by atoms with Gasteiger partial charge >= 0.3 is 5.97 Å². The molecule has 2 aromatic heterocycles. The number of nitrogens with zero attached hydrogens (tertiary/aromatic N) is 4. The lowest BCUT2D eigenvalue weighted by molar-refractivity contribution is -0.136. The van der Waals surface area contributed by atoms with Gasteiger partial charge in [-0.3, -0.25) is 9.78 Å². The number of halogens is 2. The van der Waals surface area contributed by atoms with Crippen molar-refractivity contribution >= 4 is 42.4 Å². The van der Waals surface area contributed by atoms with Gasteiger partial charge in [0, 0.05) is 43.7 Å². The zero-order chi connectivity index (χ0) is 20.1. The number of aliphatic carboxylic acids is 1. The molecule has 0 saturated heterocycles. The number of aromatic nitrogens is 3. The monoisotopic (exact) mass is 461 g/mol. The molecule has 0 saturated carbocycles. The second-order valence-electron chi connectivity index (χ2n) is 7.00. The molecule has 0 radical (unpaired) electrons. The Balaban J connectivity index is 0.00000171. The van der Waals surface area contributed by atoms with Crippen molar-refractivity contribution in [3.05, 3.63) is 66.0 Å². The summed E-state index contributed by atoms with van der Waals surface area (Å²) in [5.74, 6) is 1.20. The smallest absolute Gasteiger partial charge is 0.305 e. The average Bonchev–Trinajstić information content (AvgIpc) is 2.97. The van der Waals surface area contributed by atoms with Crippen molar-refractivity contribution in [3.8, 4) is 11.4 Å². The summed E-state index contributed by atoms with van der Waals surface area (Å²) in [6.07, 6.45) is 5.40. The van der Waals surface area contributed by atoms with Crippen LogP contribution >= 0.6 is 24.8 Å². The number of benzene rings is 1. The molecule has 0 fully saturated rings. The first-order valence-corrected chi connectivity index (χ1v) is 9.76. The van der Waals surface area contributed by atoms with Crippen molar-refractivity contribution in [2.45, 2.75) is 19.3 Å². The normalized spacial score (nSPS) is 12.6. The SMILES string of the molecule is Cl.Cl.O=C(O)CCNc1cc(N2CCc3ccccc3CC2)nc(-c2cccnc2)n1. The number of carbonyl (C=O) groups is 1. The number of anilines is 2. The van der Waals surface area contributed by atoms with E-state index < -0.39 is 5.97 Å². The second-order valence-corrected chi connectivity index (χ2v) is 7.00. The van der Waals surface area contributed by atoms with Crippen LogP contribution in [0.3, 0.4) is 0 Å². The quantitative estimate of drug-likeness (QED) is 0.575. The minimum Gasteiger partial charge on any atom is -0.481 e. The van der Waals surface area contributed by atoms with Crippen LogP contribution in [0.25, 0.3) is 11.4 Å². The number of nitrogens with one attached hydrogen (secondary N) is 1. The lowest BCUT2D eigenvalue weighted by atomic mass is 10.0. The summed E-state index contributed by atoms with van der Waals surface area (Å²) < 4.78 is 0. The Labute approximate surface area is 193 Å².